The van der Waals surface area contributed by atoms with E-state index in [2.05, 4.69) is 10.3 Å². The van der Waals surface area contributed by atoms with Crippen molar-refractivity contribution in [2.24, 2.45) is 0 Å². The second-order valence-corrected chi connectivity index (χ2v) is 6.47. The summed E-state index contributed by atoms with van der Waals surface area (Å²) in [5, 5.41) is 13.5. The lowest BCUT2D eigenvalue weighted by molar-refractivity contribution is -0.143. The number of halogens is 4. The molecule has 0 unspecified atom stereocenters. The molecule has 0 aliphatic carbocycles. The van der Waals surface area contributed by atoms with Crippen molar-refractivity contribution in [3.8, 4) is 16.9 Å². The minimum Gasteiger partial charge on any atom is -0.507 e. The monoisotopic (exact) mass is 342 g/mol. The Morgan fingerprint density at radius 2 is 1.83 bits per heavy atom. The zero-order valence-corrected chi connectivity index (χ0v) is 13.5. The molecular formula is C17H18F4N2O. The number of pyridine rings is 1. The van der Waals surface area contributed by atoms with Crippen molar-refractivity contribution < 1.29 is 22.7 Å². The van der Waals surface area contributed by atoms with Gasteiger partial charge >= 0.3 is 6.18 Å². The van der Waals surface area contributed by atoms with Crippen molar-refractivity contribution in [2.45, 2.75) is 39.0 Å². The van der Waals surface area contributed by atoms with Gasteiger partial charge in [-0.15, -0.1) is 0 Å². The van der Waals surface area contributed by atoms with Crippen molar-refractivity contribution in [1.82, 2.24) is 10.3 Å². The van der Waals surface area contributed by atoms with Crippen LogP contribution in [0.15, 0.2) is 30.5 Å². The Hall–Kier alpha value is -2.15. The fourth-order valence-electron chi connectivity index (χ4n) is 2.12. The average Bonchev–Trinajstić information content (AvgIpc) is 2.43. The summed E-state index contributed by atoms with van der Waals surface area (Å²) in [6.07, 6.45) is -3.95. The summed E-state index contributed by atoms with van der Waals surface area (Å²) in [7, 11) is 0. The molecule has 0 saturated carbocycles. The van der Waals surface area contributed by atoms with Gasteiger partial charge < -0.3 is 10.4 Å². The quantitative estimate of drug-likeness (QED) is 0.807. The first-order valence-electron chi connectivity index (χ1n) is 7.28. The van der Waals surface area contributed by atoms with E-state index in [1.165, 1.54) is 6.07 Å². The molecule has 130 valence electrons. The Kier molecular flexibility index (Phi) is 4.85. The number of aromatic hydroxyl groups is 1. The minimum absolute atomic E-state index is 0.0793. The summed E-state index contributed by atoms with van der Waals surface area (Å²) in [6.45, 7) is 6.24. The molecule has 0 aliphatic heterocycles. The predicted molar refractivity (Wildman–Crippen MR) is 82.9 cm³/mol. The molecule has 0 atom stereocenters. The SMILES string of the molecule is CC(C)(C)NCc1cccc(-c2cnc(C(F)(F)F)c(F)c2)c1O. The first-order valence-corrected chi connectivity index (χ1v) is 7.28. The zero-order chi connectivity index (χ0) is 18.1. The number of benzene rings is 1. The van der Waals surface area contributed by atoms with Gasteiger partial charge in [0.2, 0.25) is 0 Å². The molecular weight excluding hydrogens is 324 g/mol. The Balaban J connectivity index is 2.38. The third-order valence-electron chi connectivity index (χ3n) is 3.35. The normalized spacial score (nSPS) is 12.5. The molecule has 3 nitrogen and oxygen atoms in total. The number of hydrogen-bond acceptors (Lipinski definition) is 3. The zero-order valence-electron chi connectivity index (χ0n) is 13.5. The molecule has 0 saturated heterocycles. The molecule has 24 heavy (non-hydrogen) atoms. The van der Waals surface area contributed by atoms with Crippen molar-refractivity contribution in [1.29, 1.82) is 0 Å². The van der Waals surface area contributed by atoms with Crippen molar-refractivity contribution in [2.75, 3.05) is 0 Å². The van der Waals surface area contributed by atoms with Crippen LogP contribution in [0.4, 0.5) is 17.6 Å². The molecule has 0 radical (unpaired) electrons. The van der Waals surface area contributed by atoms with E-state index in [1.54, 1.807) is 12.1 Å². The topological polar surface area (TPSA) is 45.2 Å². The van der Waals surface area contributed by atoms with Crippen LogP contribution in [-0.4, -0.2) is 15.6 Å². The maximum atomic E-state index is 13.7. The summed E-state index contributed by atoms with van der Waals surface area (Å²) < 4.78 is 51.4. The maximum Gasteiger partial charge on any atom is 0.436 e. The Morgan fingerprint density at radius 3 is 2.38 bits per heavy atom. The fourth-order valence-corrected chi connectivity index (χ4v) is 2.12. The number of para-hydroxylation sites is 1. The van der Waals surface area contributed by atoms with E-state index in [1.807, 2.05) is 20.8 Å². The van der Waals surface area contributed by atoms with E-state index in [-0.39, 0.29) is 22.4 Å². The fraction of sp³-hybridized carbons (Fsp3) is 0.353. The summed E-state index contributed by atoms with van der Waals surface area (Å²) in [5.74, 6) is -1.59. The van der Waals surface area contributed by atoms with Crippen LogP contribution < -0.4 is 5.32 Å². The van der Waals surface area contributed by atoms with Crippen LogP contribution in [0.3, 0.4) is 0 Å². The highest BCUT2D eigenvalue weighted by Crippen LogP contribution is 2.35. The van der Waals surface area contributed by atoms with Crippen molar-refractivity contribution >= 4 is 0 Å². The van der Waals surface area contributed by atoms with Crippen LogP contribution in [0.1, 0.15) is 32.0 Å². The van der Waals surface area contributed by atoms with Crippen LogP contribution in [0, 0.1) is 5.82 Å². The number of hydrogen-bond donors (Lipinski definition) is 2. The summed E-state index contributed by atoms with van der Waals surface area (Å²) >= 11 is 0. The Labute approximate surface area is 137 Å². The Bertz CT molecular complexity index is 736. The number of nitrogens with one attached hydrogen (secondary N) is 1. The van der Waals surface area contributed by atoms with Gasteiger partial charge in [-0.2, -0.15) is 13.2 Å². The average molecular weight is 342 g/mol. The molecule has 2 aromatic rings. The molecule has 7 heteroatoms. The molecule has 0 aliphatic rings. The first-order chi connectivity index (χ1) is 11.0. The number of alkyl halides is 3. The molecule has 0 bridgehead atoms. The molecule has 1 aromatic heterocycles. The van der Waals surface area contributed by atoms with Crippen molar-refractivity contribution in [3.05, 3.63) is 47.5 Å². The van der Waals surface area contributed by atoms with Crippen molar-refractivity contribution in [3.63, 3.8) is 0 Å². The van der Waals surface area contributed by atoms with Crippen LogP contribution in [-0.2, 0) is 12.7 Å². The van der Waals surface area contributed by atoms with E-state index in [9.17, 15) is 22.7 Å². The molecule has 1 aromatic carbocycles. The van der Waals surface area contributed by atoms with E-state index >= 15 is 0 Å². The molecule has 2 rings (SSSR count). The highest BCUT2D eigenvalue weighted by atomic mass is 19.4. The summed E-state index contributed by atoms with van der Waals surface area (Å²) in [4.78, 5) is 3.16. The minimum atomic E-state index is -4.86. The van der Waals surface area contributed by atoms with Gasteiger partial charge in [-0.1, -0.05) is 18.2 Å². The molecule has 2 N–H and O–H groups in total. The molecule has 0 spiro atoms. The van der Waals surface area contributed by atoms with Gasteiger partial charge in [-0.25, -0.2) is 9.37 Å². The number of phenolic OH excluding ortho intramolecular Hbond substituents is 1. The van der Waals surface area contributed by atoms with Crippen LogP contribution in [0.2, 0.25) is 0 Å². The van der Waals surface area contributed by atoms with Crippen LogP contribution >= 0.6 is 0 Å². The van der Waals surface area contributed by atoms with Gasteiger partial charge in [0.25, 0.3) is 0 Å². The first kappa shape index (κ1) is 18.2. The van der Waals surface area contributed by atoms with Gasteiger partial charge in [-0.05, 0) is 26.8 Å². The van der Waals surface area contributed by atoms with Crippen LogP contribution in [0.5, 0.6) is 5.75 Å². The second kappa shape index (κ2) is 6.39. The third-order valence-corrected chi connectivity index (χ3v) is 3.35. The molecule has 0 fully saturated rings. The number of phenols is 1. The lowest BCUT2D eigenvalue weighted by Crippen LogP contribution is -2.35. The predicted octanol–water partition coefficient (Wildman–Crippen LogP) is 4.50. The maximum absolute atomic E-state index is 13.7. The van der Waals surface area contributed by atoms with Gasteiger partial charge in [-0.3, -0.25) is 0 Å². The van der Waals surface area contributed by atoms with E-state index in [0.29, 0.717) is 12.1 Å². The van der Waals surface area contributed by atoms with Gasteiger partial charge in [0, 0.05) is 35.0 Å². The van der Waals surface area contributed by atoms with Crippen LogP contribution in [0.25, 0.3) is 11.1 Å². The van der Waals surface area contributed by atoms with E-state index < -0.39 is 17.7 Å². The lowest BCUT2D eigenvalue weighted by Gasteiger charge is -2.21. The molecule has 1 heterocycles. The lowest BCUT2D eigenvalue weighted by atomic mass is 10.0. The largest absolute Gasteiger partial charge is 0.507 e. The summed E-state index contributed by atoms with van der Waals surface area (Å²) in [5.41, 5.74) is -0.886. The number of rotatable bonds is 3. The smallest absolute Gasteiger partial charge is 0.436 e. The highest BCUT2D eigenvalue weighted by Gasteiger charge is 2.36. The third kappa shape index (κ3) is 4.23. The standard InChI is InChI=1S/C17H18F4N2O/c1-16(2,3)23-9-10-5-4-6-12(14(10)24)11-7-13(18)15(22-8-11)17(19,20)21/h4-8,23-24H,9H2,1-3H3. The summed E-state index contributed by atoms with van der Waals surface area (Å²) in [6, 6.07) is 5.56. The number of nitrogens with zero attached hydrogens (tertiary/aromatic N) is 1. The van der Waals surface area contributed by atoms with Gasteiger partial charge in [0.05, 0.1) is 0 Å². The van der Waals surface area contributed by atoms with E-state index in [0.717, 1.165) is 12.3 Å². The van der Waals surface area contributed by atoms with Gasteiger partial charge in [0.15, 0.2) is 11.5 Å². The number of aromatic nitrogens is 1. The van der Waals surface area contributed by atoms with E-state index in [4.69, 9.17) is 0 Å². The molecule has 0 amide bonds. The van der Waals surface area contributed by atoms with Gasteiger partial charge in [0.1, 0.15) is 5.75 Å². The Morgan fingerprint density at radius 1 is 1.17 bits per heavy atom. The highest BCUT2D eigenvalue weighted by molar-refractivity contribution is 5.71. The second-order valence-electron chi connectivity index (χ2n) is 6.47.